The summed E-state index contributed by atoms with van der Waals surface area (Å²) in [5, 5.41) is 0.879. The lowest BCUT2D eigenvalue weighted by Gasteiger charge is -2.11. The molecule has 2 aromatic rings. The van der Waals surface area contributed by atoms with Crippen molar-refractivity contribution >= 4 is 22.8 Å². The standard InChI is InChI=1S/C13H11NO4/c1-17-12(15)9-4-2-3-7-8-5-6-18-13(16)11(8)14-10(7)9/h2-4,14H,5-6H2,1H3. The van der Waals surface area contributed by atoms with Crippen molar-refractivity contribution in [1.29, 1.82) is 0 Å². The summed E-state index contributed by atoms with van der Waals surface area (Å²) in [5.74, 6) is -0.796. The van der Waals surface area contributed by atoms with Crippen LogP contribution in [0.4, 0.5) is 0 Å². The highest BCUT2D eigenvalue weighted by Crippen LogP contribution is 2.28. The number of hydrogen-bond donors (Lipinski definition) is 1. The molecule has 0 amide bonds. The lowest BCUT2D eigenvalue weighted by atomic mass is 10.0. The molecule has 1 aromatic heterocycles. The Bertz CT molecular complexity index is 656. The average molecular weight is 245 g/mol. The third-order valence-corrected chi connectivity index (χ3v) is 3.14. The first-order valence-electron chi connectivity index (χ1n) is 5.61. The number of fused-ring (bicyclic) bond motifs is 3. The van der Waals surface area contributed by atoms with Gasteiger partial charge in [0.1, 0.15) is 5.69 Å². The van der Waals surface area contributed by atoms with Crippen LogP contribution < -0.4 is 0 Å². The van der Waals surface area contributed by atoms with Crippen molar-refractivity contribution in [3.05, 3.63) is 35.0 Å². The summed E-state index contributed by atoms with van der Waals surface area (Å²) in [6.45, 7) is 0.376. The Morgan fingerprint density at radius 1 is 1.44 bits per heavy atom. The lowest BCUT2D eigenvalue weighted by Crippen LogP contribution is -2.16. The minimum absolute atomic E-state index is 0.372. The monoisotopic (exact) mass is 245 g/mol. The fourth-order valence-electron chi connectivity index (χ4n) is 2.31. The summed E-state index contributed by atoms with van der Waals surface area (Å²) in [4.78, 5) is 26.3. The molecule has 2 heterocycles. The third kappa shape index (κ3) is 1.40. The average Bonchev–Trinajstić information content (AvgIpc) is 2.78. The van der Waals surface area contributed by atoms with Gasteiger partial charge >= 0.3 is 11.9 Å². The van der Waals surface area contributed by atoms with Gasteiger partial charge in [0.05, 0.1) is 24.8 Å². The van der Waals surface area contributed by atoms with Gasteiger partial charge in [-0.05, 0) is 11.6 Å². The highest BCUT2D eigenvalue weighted by atomic mass is 16.5. The molecule has 92 valence electrons. The van der Waals surface area contributed by atoms with Gasteiger partial charge in [-0.2, -0.15) is 0 Å². The van der Waals surface area contributed by atoms with Gasteiger partial charge in [0, 0.05) is 11.8 Å². The number of ether oxygens (including phenoxy) is 2. The van der Waals surface area contributed by atoms with Crippen LogP contribution in [0, 0.1) is 0 Å². The van der Waals surface area contributed by atoms with E-state index in [-0.39, 0.29) is 5.97 Å². The van der Waals surface area contributed by atoms with E-state index in [4.69, 9.17) is 9.47 Å². The van der Waals surface area contributed by atoms with Crippen LogP contribution in [-0.2, 0) is 15.9 Å². The van der Waals surface area contributed by atoms with Crippen molar-refractivity contribution in [3.63, 3.8) is 0 Å². The van der Waals surface area contributed by atoms with Gasteiger partial charge in [0.25, 0.3) is 0 Å². The molecule has 0 atom stereocenters. The quantitative estimate of drug-likeness (QED) is 0.776. The molecular formula is C13H11NO4. The number of cyclic esters (lactones) is 1. The molecule has 5 nitrogen and oxygen atoms in total. The Hall–Kier alpha value is -2.30. The number of H-pyrrole nitrogens is 1. The number of methoxy groups -OCH3 is 1. The van der Waals surface area contributed by atoms with E-state index in [9.17, 15) is 9.59 Å². The number of rotatable bonds is 1. The second-order valence-corrected chi connectivity index (χ2v) is 4.08. The van der Waals surface area contributed by atoms with E-state index in [1.165, 1.54) is 7.11 Å². The van der Waals surface area contributed by atoms with Crippen LogP contribution in [0.2, 0.25) is 0 Å². The molecule has 0 spiro atoms. The second kappa shape index (κ2) is 3.87. The van der Waals surface area contributed by atoms with Crippen LogP contribution in [-0.4, -0.2) is 30.6 Å². The predicted molar refractivity (Wildman–Crippen MR) is 63.6 cm³/mol. The van der Waals surface area contributed by atoms with Crippen molar-refractivity contribution in [2.75, 3.05) is 13.7 Å². The Morgan fingerprint density at radius 2 is 2.28 bits per heavy atom. The van der Waals surface area contributed by atoms with Crippen molar-refractivity contribution in [1.82, 2.24) is 4.98 Å². The van der Waals surface area contributed by atoms with Gasteiger partial charge in [0.15, 0.2) is 0 Å². The first-order valence-corrected chi connectivity index (χ1v) is 5.61. The second-order valence-electron chi connectivity index (χ2n) is 4.08. The fraction of sp³-hybridized carbons (Fsp3) is 0.231. The van der Waals surface area contributed by atoms with Crippen molar-refractivity contribution in [2.24, 2.45) is 0 Å². The lowest BCUT2D eigenvalue weighted by molar-refractivity contribution is 0.0474. The SMILES string of the molecule is COC(=O)c1cccc2c3c([nH]c12)C(=O)OCC3. The highest BCUT2D eigenvalue weighted by molar-refractivity contribution is 6.07. The fourth-order valence-corrected chi connectivity index (χ4v) is 2.31. The Labute approximate surface area is 103 Å². The first-order chi connectivity index (χ1) is 8.72. The van der Waals surface area contributed by atoms with Gasteiger partial charge in [-0.15, -0.1) is 0 Å². The number of esters is 2. The number of aromatic amines is 1. The van der Waals surface area contributed by atoms with E-state index in [1.54, 1.807) is 12.1 Å². The van der Waals surface area contributed by atoms with Crippen LogP contribution in [0.3, 0.4) is 0 Å². The molecular weight excluding hydrogens is 234 g/mol. The van der Waals surface area contributed by atoms with Crippen LogP contribution in [0.25, 0.3) is 10.9 Å². The molecule has 0 bridgehead atoms. The van der Waals surface area contributed by atoms with Crippen LogP contribution >= 0.6 is 0 Å². The maximum atomic E-state index is 11.7. The largest absolute Gasteiger partial charge is 0.465 e. The molecule has 1 aliphatic heterocycles. The summed E-state index contributed by atoms with van der Waals surface area (Å²) < 4.78 is 9.70. The molecule has 0 radical (unpaired) electrons. The van der Waals surface area contributed by atoms with Gasteiger partial charge in [0.2, 0.25) is 0 Å². The number of carbonyl (C=O) groups excluding carboxylic acids is 2. The molecule has 0 fully saturated rings. The highest BCUT2D eigenvalue weighted by Gasteiger charge is 2.25. The molecule has 0 saturated carbocycles. The molecule has 0 aliphatic carbocycles. The Kier molecular flexibility index (Phi) is 2.33. The van der Waals surface area contributed by atoms with Gasteiger partial charge < -0.3 is 14.5 Å². The minimum atomic E-state index is -0.424. The van der Waals surface area contributed by atoms with Crippen LogP contribution in [0.1, 0.15) is 26.4 Å². The first kappa shape index (κ1) is 10.8. The maximum Gasteiger partial charge on any atom is 0.355 e. The Balaban J connectivity index is 2.30. The number of para-hydroxylation sites is 1. The normalized spacial score (nSPS) is 14.2. The van der Waals surface area contributed by atoms with E-state index in [1.807, 2.05) is 6.07 Å². The summed E-state index contributed by atoms with van der Waals surface area (Å²) in [5.41, 5.74) is 2.41. The molecule has 3 rings (SSSR count). The van der Waals surface area contributed by atoms with Crippen molar-refractivity contribution in [3.8, 4) is 0 Å². The Morgan fingerprint density at radius 3 is 3.06 bits per heavy atom. The molecule has 18 heavy (non-hydrogen) atoms. The third-order valence-electron chi connectivity index (χ3n) is 3.14. The predicted octanol–water partition coefficient (Wildman–Crippen LogP) is 1.67. The van der Waals surface area contributed by atoms with Gasteiger partial charge in [-0.1, -0.05) is 12.1 Å². The zero-order valence-electron chi connectivity index (χ0n) is 9.78. The zero-order chi connectivity index (χ0) is 12.7. The minimum Gasteiger partial charge on any atom is -0.465 e. The van der Waals surface area contributed by atoms with Crippen molar-refractivity contribution < 1.29 is 19.1 Å². The van der Waals surface area contributed by atoms with E-state index in [0.29, 0.717) is 29.8 Å². The summed E-state index contributed by atoms with van der Waals surface area (Å²) >= 11 is 0. The summed E-state index contributed by atoms with van der Waals surface area (Å²) in [6, 6.07) is 5.33. The topological polar surface area (TPSA) is 68.4 Å². The number of nitrogens with one attached hydrogen (secondary N) is 1. The summed E-state index contributed by atoms with van der Waals surface area (Å²) in [7, 11) is 1.33. The van der Waals surface area contributed by atoms with E-state index in [0.717, 1.165) is 10.9 Å². The zero-order valence-corrected chi connectivity index (χ0v) is 9.78. The van der Waals surface area contributed by atoms with E-state index < -0.39 is 5.97 Å². The van der Waals surface area contributed by atoms with Gasteiger partial charge in [-0.25, -0.2) is 9.59 Å². The van der Waals surface area contributed by atoms with E-state index >= 15 is 0 Å². The molecule has 0 unspecified atom stereocenters. The number of hydrogen-bond acceptors (Lipinski definition) is 4. The number of carbonyl (C=O) groups is 2. The molecule has 1 aromatic carbocycles. The maximum absolute atomic E-state index is 11.7. The number of aromatic nitrogens is 1. The number of benzene rings is 1. The van der Waals surface area contributed by atoms with E-state index in [2.05, 4.69) is 4.98 Å². The molecule has 1 aliphatic rings. The summed E-state index contributed by atoms with van der Waals surface area (Å²) in [6.07, 6.45) is 0.658. The molecule has 5 heteroatoms. The molecule has 0 saturated heterocycles. The smallest absolute Gasteiger partial charge is 0.355 e. The molecule has 1 N–H and O–H groups in total. The van der Waals surface area contributed by atoms with Crippen LogP contribution in [0.5, 0.6) is 0 Å². The van der Waals surface area contributed by atoms with Crippen LogP contribution in [0.15, 0.2) is 18.2 Å². The van der Waals surface area contributed by atoms with Crippen molar-refractivity contribution in [2.45, 2.75) is 6.42 Å². The van der Waals surface area contributed by atoms with Gasteiger partial charge in [-0.3, -0.25) is 0 Å².